The van der Waals surface area contributed by atoms with Crippen molar-refractivity contribution in [3.63, 3.8) is 0 Å². The zero-order valence-electron chi connectivity index (χ0n) is 18.6. The van der Waals surface area contributed by atoms with Gasteiger partial charge in [0.15, 0.2) is 5.43 Å². The third kappa shape index (κ3) is 4.03. The first-order valence-corrected chi connectivity index (χ1v) is 11.7. The Labute approximate surface area is 197 Å². The van der Waals surface area contributed by atoms with Crippen LogP contribution in [0.4, 0.5) is 0 Å². The van der Waals surface area contributed by atoms with Gasteiger partial charge in [0, 0.05) is 48.0 Å². The van der Waals surface area contributed by atoms with Crippen molar-refractivity contribution in [2.75, 3.05) is 26.2 Å². The first-order chi connectivity index (χ1) is 16.0. The van der Waals surface area contributed by atoms with Gasteiger partial charge in [0.1, 0.15) is 6.54 Å². The van der Waals surface area contributed by atoms with Crippen LogP contribution in [-0.2, 0) is 11.3 Å². The van der Waals surface area contributed by atoms with E-state index in [0.29, 0.717) is 23.9 Å². The number of halogens is 1. The van der Waals surface area contributed by atoms with Gasteiger partial charge in [0.2, 0.25) is 5.91 Å². The van der Waals surface area contributed by atoms with Crippen molar-refractivity contribution in [1.29, 1.82) is 0 Å². The Kier molecular flexibility index (Phi) is 5.92. The van der Waals surface area contributed by atoms with Crippen LogP contribution in [0.1, 0.15) is 18.5 Å². The number of benzene rings is 3. The number of carbonyl (C=O) groups is 1. The predicted molar refractivity (Wildman–Crippen MR) is 134 cm³/mol. The van der Waals surface area contributed by atoms with Gasteiger partial charge in [-0.1, -0.05) is 54.1 Å². The molecule has 0 spiro atoms. The summed E-state index contributed by atoms with van der Waals surface area (Å²) in [5, 5.41) is 2.06. The number of nitrogens with zero attached hydrogens (tertiary/aromatic N) is 3. The summed E-state index contributed by atoms with van der Waals surface area (Å²) in [5.74, 6) is 0.0685. The molecule has 168 valence electrons. The van der Waals surface area contributed by atoms with Crippen molar-refractivity contribution < 1.29 is 4.79 Å². The molecule has 3 aromatic carbocycles. The van der Waals surface area contributed by atoms with Crippen molar-refractivity contribution in [3.05, 3.63) is 93.6 Å². The molecule has 5 nitrogen and oxygen atoms in total. The summed E-state index contributed by atoms with van der Waals surface area (Å²) in [5.41, 5.74) is 2.71. The van der Waals surface area contributed by atoms with Crippen molar-refractivity contribution in [1.82, 2.24) is 14.4 Å². The minimum Gasteiger partial charge on any atom is -0.339 e. The van der Waals surface area contributed by atoms with Crippen molar-refractivity contribution in [3.8, 4) is 0 Å². The van der Waals surface area contributed by atoms with Crippen LogP contribution in [0.15, 0.2) is 77.6 Å². The van der Waals surface area contributed by atoms with Crippen LogP contribution in [0.25, 0.3) is 21.8 Å². The molecule has 1 aromatic heterocycles. The van der Waals surface area contributed by atoms with Crippen LogP contribution in [0.2, 0.25) is 5.02 Å². The van der Waals surface area contributed by atoms with E-state index in [-0.39, 0.29) is 23.9 Å². The monoisotopic (exact) mass is 459 g/mol. The second kappa shape index (κ2) is 9.00. The quantitative estimate of drug-likeness (QED) is 0.415. The molecule has 0 bridgehead atoms. The fourth-order valence-electron chi connectivity index (χ4n) is 4.85. The van der Waals surface area contributed by atoms with Crippen LogP contribution >= 0.6 is 11.6 Å². The largest absolute Gasteiger partial charge is 0.339 e. The van der Waals surface area contributed by atoms with Crippen LogP contribution in [-0.4, -0.2) is 46.5 Å². The van der Waals surface area contributed by atoms with Crippen molar-refractivity contribution >= 4 is 39.3 Å². The summed E-state index contributed by atoms with van der Waals surface area (Å²) in [4.78, 5) is 30.6. The highest BCUT2D eigenvalue weighted by molar-refractivity contribution is 6.31. The lowest BCUT2D eigenvalue weighted by Gasteiger charge is -2.38. The molecule has 5 rings (SSSR count). The molecule has 33 heavy (non-hydrogen) atoms. The number of hydrogen-bond donors (Lipinski definition) is 0. The van der Waals surface area contributed by atoms with Crippen LogP contribution in [0.3, 0.4) is 0 Å². The molecule has 0 aliphatic carbocycles. The van der Waals surface area contributed by atoms with Gasteiger partial charge in [-0.15, -0.1) is 0 Å². The number of piperazine rings is 1. The van der Waals surface area contributed by atoms with Crippen molar-refractivity contribution in [2.24, 2.45) is 0 Å². The van der Waals surface area contributed by atoms with E-state index in [1.807, 2.05) is 76.2 Å². The topological polar surface area (TPSA) is 45.5 Å². The lowest BCUT2D eigenvalue weighted by Crippen LogP contribution is -2.50. The molecule has 1 amide bonds. The molecule has 0 saturated carbocycles. The minimum absolute atomic E-state index is 0.00655. The molecule has 1 saturated heterocycles. The van der Waals surface area contributed by atoms with E-state index in [4.69, 9.17) is 11.6 Å². The highest BCUT2D eigenvalue weighted by atomic mass is 35.5. The van der Waals surface area contributed by atoms with E-state index in [9.17, 15) is 9.59 Å². The maximum atomic E-state index is 13.3. The fraction of sp³-hybridized carbons (Fsp3) is 0.259. The number of hydrogen-bond acceptors (Lipinski definition) is 3. The van der Waals surface area contributed by atoms with Gasteiger partial charge < -0.3 is 9.47 Å². The molecule has 1 atom stereocenters. The standard InChI is InChI=1S/C27H26ClN3O2/c1-19(20-8-2-5-11-23(20)28)29-14-16-30(17-15-29)26(32)18-31-24-12-6-3-9-21(24)27(33)22-10-4-7-13-25(22)31/h2-13,19H,14-18H2,1H3. The van der Waals surface area contributed by atoms with Crippen LogP contribution in [0, 0.1) is 0 Å². The Bertz CT molecular complexity index is 1330. The molecule has 4 aromatic rings. The summed E-state index contributed by atoms with van der Waals surface area (Å²) in [7, 11) is 0. The number of rotatable bonds is 4. The third-order valence-corrected chi connectivity index (χ3v) is 7.09. The SMILES string of the molecule is CC(c1ccccc1Cl)N1CCN(C(=O)Cn2c3ccccc3c(=O)c3ccccc32)CC1. The lowest BCUT2D eigenvalue weighted by molar-refractivity contribution is -0.133. The Morgan fingerprint density at radius 2 is 1.39 bits per heavy atom. The van der Waals surface area contributed by atoms with Crippen molar-refractivity contribution in [2.45, 2.75) is 19.5 Å². The van der Waals surface area contributed by atoms with E-state index in [1.165, 1.54) is 0 Å². The molecule has 1 fully saturated rings. The summed E-state index contributed by atoms with van der Waals surface area (Å²) in [6, 6.07) is 23.2. The maximum absolute atomic E-state index is 13.3. The predicted octanol–water partition coefficient (Wildman–Crippen LogP) is 4.71. The first-order valence-electron chi connectivity index (χ1n) is 11.3. The van der Waals surface area contributed by atoms with Crippen LogP contribution in [0.5, 0.6) is 0 Å². The summed E-state index contributed by atoms with van der Waals surface area (Å²) < 4.78 is 1.98. The average molecular weight is 460 g/mol. The van der Waals surface area contributed by atoms with E-state index in [1.54, 1.807) is 0 Å². The normalized spacial score (nSPS) is 15.8. The van der Waals surface area contributed by atoms with Gasteiger partial charge in [0.05, 0.1) is 11.0 Å². The molecule has 1 aliphatic rings. The summed E-state index contributed by atoms with van der Waals surface area (Å²) in [6.45, 7) is 5.31. The highest BCUT2D eigenvalue weighted by Gasteiger charge is 2.26. The lowest BCUT2D eigenvalue weighted by atomic mass is 10.1. The molecule has 0 radical (unpaired) electrons. The van der Waals surface area contributed by atoms with E-state index < -0.39 is 0 Å². The molecule has 2 heterocycles. The first kappa shape index (κ1) is 21.7. The number of aromatic nitrogens is 1. The number of amides is 1. The van der Waals surface area contributed by atoms with E-state index in [0.717, 1.165) is 34.7 Å². The fourth-order valence-corrected chi connectivity index (χ4v) is 5.15. The van der Waals surface area contributed by atoms with Gasteiger partial charge in [-0.25, -0.2) is 0 Å². The Morgan fingerprint density at radius 3 is 2.00 bits per heavy atom. The van der Waals surface area contributed by atoms with Gasteiger partial charge in [-0.2, -0.15) is 0 Å². The zero-order valence-corrected chi connectivity index (χ0v) is 19.3. The van der Waals surface area contributed by atoms with Gasteiger partial charge >= 0.3 is 0 Å². The smallest absolute Gasteiger partial charge is 0.242 e. The molecular weight excluding hydrogens is 434 g/mol. The Hall–Kier alpha value is -3.15. The Morgan fingerprint density at radius 1 is 0.848 bits per heavy atom. The zero-order chi connectivity index (χ0) is 22.9. The highest BCUT2D eigenvalue weighted by Crippen LogP contribution is 2.28. The summed E-state index contributed by atoms with van der Waals surface area (Å²) in [6.07, 6.45) is 0. The number of carbonyl (C=O) groups excluding carboxylic acids is 1. The third-order valence-electron chi connectivity index (χ3n) is 6.74. The summed E-state index contributed by atoms with van der Waals surface area (Å²) >= 11 is 6.40. The number of pyridine rings is 1. The molecule has 0 N–H and O–H groups in total. The maximum Gasteiger partial charge on any atom is 0.242 e. The minimum atomic E-state index is 0.00655. The number of fused-ring (bicyclic) bond motifs is 2. The van der Waals surface area contributed by atoms with E-state index >= 15 is 0 Å². The second-order valence-electron chi connectivity index (χ2n) is 8.56. The van der Waals surface area contributed by atoms with Crippen LogP contribution < -0.4 is 5.43 Å². The Balaban J connectivity index is 1.36. The molecule has 6 heteroatoms. The second-order valence-corrected chi connectivity index (χ2v) is 8.97. The average Bonchev–Trinajstić information content (AvgIpc) is 2.86. The number of para-hydroxylation sites is 2. The molecule has 1 aliphatic heterocycles. The van der Waals surface area contributed by atoms with Gasteiger partial charge in [0.25, 0.3) is 0 Å². The van der Waals surface area contributed by atoms with E-state index in [2.05, 4.69) is 17.9 Å². The van der Waals surface area contributed by atoms with Gasteiger partial charge in [-0.3, -0.25) is 14.5 Å². The molecular formula is C27H26ClN3O2. The molecule has 1 unspecified atom stereocenters. The van der Waals surface area contributed by atoms with Gasteiger partial charge in [-0.05, 0) is 42.8 Å².